The van der Waals surface area contributed by atoms with Gasteiger partial charge in [-0.15, -0.1) is 0 Å². The maximum Gasteiger partial charge on any atom is 0.133 e. The Labute approximate surface area is 76.8 Å². The SMILES string of the molecule is COc1cccc(-c2ccco2)c1. The second kappa shape index (κ2) is 3.35. The van der Waals surface area contributed by atoms with E-state index in [1.807, 2.05) is 36.4 Å². The summed E-state index contributed by atoms with van der Waals surface area (Å²) < 4.78 is 10.4. The largest absolute Gasteiger partial charge is 0.497 e. The molecule has 1 aromatic carbocycles. The van der Waals surface area contributed by atoms with Gasteiger partial charge in [-0.1, -0.05) is 12.1 Å². The molecular weight excluding hydrogens is 164 g/mol. The van der Waals surface area contributed by atoms with Crippen LogP contribution in [0.25, 0.3) is 11.3 Å². The molecule has 0 aliphatic rings. The first-order valence-electron chi connectivity index (χ1n) is 4.08. The fourth-order valence-electron chi connectivity index (χ4n) is 1.22. The minimum atomic E-state index is 0.842. The molecule has 1 aromatic heterocycles. The highest BCUT2D eigenvalue weighted by molar-refractivity contribution is 5.59. The zero-order valence-corrected chi connectivity index (χ0v) is 7.36. The quantitative estimate of drug-likeness (QED) is 0.698. The van der Waals surface area contributed by atoms with Crippen LogP contribution in [0.15, 0.2) is 47.1 Å². The second-order valence-electron chi connectivity index (χ2n) is 2.71. The Hall–Kier alpha value is -1.70. The van der Waals surface area contributed by atoms with Gasteiger partial charge in [0.1, 0.15) is 11.5 Å². The first-order chi connectivity index (χ1) is 6.40. The third kappa shape index (κ3) is 1.56. The van der Waals surface area contributed by atoms with Crippen molar-refractivity contribution in [1.29, 1.82) is 0 Å². The predicted octanol–water partition coefficient (Wildman–Crippen LogP) is 2.96. The third-order valence-electron chi connectivity index (χ3n) is 1.88. The summed E-state index contributed by atoms with van der Waals surface area (Å²) in [7, 11) is 1.65. The molecule has 66 valence electrons. The van der Waals surface area contributed by atoms with Crippen LogP contribution in [0.3, 0.4) is 0 Å². The normalized spacial score (nSPS) is 9.92. The molecule has 0 atom stereocenters. The highest BCUT2D eigenvalue weighted by atomic mass is 16.5. The number of hydrogen-bond donors (Lipinski definition) is 0. The lowest BCUT2D eigenvalue weighted by atomic mass is 10.2. The van der Waals surface area contributed by atoms with Gasteiger partial charge in [0.25, 0.3) is 0 Å². The fraction of sp³-hybridized carbons (Fsp3) is 0.0909. The molecule has 1 heterocycles. The van der Waals surface area contributed by atoms with Gasteiger partial charge in [0.05, 0.1) is 13.4 Å². The average molecular weight is 174 g/mol. The molecule has 0 amide bonds. The zero-order valence-electron chi connectivity index (χ0n) is 7.36. The third-order valence-corrected chi connectivity index (χ3v) is 1.88. The van der Waals surface area contributed by atoms with Crippen LogP contribution in [0, 0.1) is 0 Å². The van der Waals surface area contributed by atoms with E-state index < -0.39 is 0 Å². The minimum absolute atomic E-state index is 0.842. The van der Waals surface area contributed by atoms with Crippen molar-refractivity contribution in [3.8, 4) is 17.1 Å². The van der Waals surface area contributed by atoms with Gasteiger partial charge < -0.3 is 9.15 Å². The van der Waals surface area contributed by atoms with E-state index in [0.29, 0.717) is 0 Å². The molecule has 0 fully saturated rings. The van der Waals surface area contributed by atoms with Gasteiger partial charge in [-0.25, -0.2) is 0 Å². The summed E-state index contributed by atoms with van der Waals surface area (Å²) in [6.07, 6.45) is 1.66. The van der Waals surface area contributed by atoms with Gasteiger partial charge in [0, 0.05) is 5.56 Å². The average Bonchev–Trinajstić information content (AvgIpc) is 2.71. The van der Waals surface area contributed by atoms with Gasteiger partial charge in [-0.3, -0.25) is 0 Å². The molecule has 0 saturated heterocycles. The molecule has 0 unspecified atom stereocenters. The molecule has 0 aliphatic carbocycles. The molecule has 0 radical (unpaired) electrons. The zero-order chi connectivity index (χ0) is 9.10. The molecule has 13 heavy (non-hydrogen) atoms. The topological polar surface area (TPSA) is 22.4 Å². The highest BCUT2D eigenvalue weighted by Gasteiger charge is 2.00. The van der Waals surface area contributed by atoms with Gasteiger partial charge in [0.2, 0.25) is 0 Å². The minimum Gasteiger partial charge on any atom is -0.497 e. The lowest BCUT2D eigenvalue weighted by molar-refractivity contribution is 0.415. The maximum atomic E-state index is 5.26. The monoisotopic (exact) mass is 174 g/mol. The molecule has 0 saturated carbocycles. The lowest BCUT2D eigenvalue weighted by Gasteiger charge is -2.00. The number of furan rings is 1. The summed E-state index contributed by atoms with van der Waals surface area (Å²) >= 11 is 0. The smallest absolute Gasteiger partial charge is 0.133 e. The Kier molecular flexibility index (Phi) is 2.04. The summed E-state index contributed by atoms with van der Waals surface area (Å²) in [6, 6.07) is 11.6. The Morgan fingerprint density at radius 2 is 2.08 bits per heavy atom. The molecule has 2 rings (SSSR count). The molecule has 2 nitrogen and oxygen atoms in total. The van der Waals surface area contributed by atoms with Crippen molar-refractivity contribution in [1.82, 2.24) is 0 Å². The number of benzene rings is 1. The van der Waals surface area contributed by atoms with Crippen molar-refractivity contribution in [2.45, 2.75) is 0 Å². The van der Waals surface area contributed by atoms with Crippen LogP contribution >= 0.6 is 0 Å². The molecule has 0 aliphatic heterocycles. The van der Waals surface area contributed by atoms with Gasteiger partial charge in [-0.05, 0) is 24.3 Å². The van der Waals surface area contributed by atoms with E-state index in [0.717, 1.165) is 17.1 Å². The van der Waals surface area contributed by atoms with Crippen molar-refractivity contribution in [2.24, 2.45) is 0 Å². The van der Waals surface area contributed by atoms with Gasteiger partial charge >= 0.3 is 0 Å². The molecule has 2 heteroatoms. The molecule has 0 spiro atoms. The molecule has 0 bridgehead atoms. The van der Waals surface area contributed by atoms with E-state index in [-0.39, 0.29) is 0 Å². The van der Waals surface area contributed by atoms with E-state index in [1.54, 1.807) is 13.4 Å². The van der Waals surface area contributed by atoms with Gasteiger partial charge in [0.15, 0.2) is 0 Å². The maximum absolute atomic E-state index is 5.26. The van der Waals surface area contributed by atoms with Crippen LogP contribution in [0.5, 0.6) is 5.75 Å². The highest BCUT2D eigenvalue weighted by Crippen LogP contribution is 2.23. The number of methoxy groups -OCH3 is 1. The van der Waals surface area contributed by atoms with E-state index in [1.165, 1.54) is 0 Å². The second-order valence-corrected chi connectivity index (χ2v) is 2.71. The van der Waals surface area contributed by atoms with Gasteiger partial charge in [-0.2, -0.15) is 0 Å². The molecule has 2 aromatic rings. The van der Waals surface area contributed by atoms with E-state index >= 15 is 0 Å². The van der Waals surface area contributed by atoms with Crippen LogP contribution in [-0.4, -0.2) is 7.11 Å². The van der Waals surface area contributed by atoms with Crippen molar-refractivity contribution < 1.29 is 9.15 Å². The van der Waals surface area contributed by atoms with Crippen molar-refractivity contribution in [3.63, 3.8) is 0 Å². The summed E-state index contributed by atoms with van der Waals surface area (Å²) in [6.45, 7) is 0. The van der Waals surface area contributed by atoms with E-state index in [9.17, 15) is 0 Å². The lowest BCUT2D eigenvalue weighted by Crippen LogP contribution is -1.82. The number of ether oxygens (including phenoxy) is 1. The predicted molar refractivity (Wildman–Crippen MR) is 50.7 cm³/mol. The Bertz CT molecular complexity index is 377. The Morgan fingerprint density at radius 1 is 1.15 bits per heavy atom. The molecule has 0 N–H and O–H groups in total. The molecular formula is C11H10O2. The first kappa shape index (κ1) is 7.92. The van der Waals surface area contributed by atoms with Crippen LogP contribution in [0.2, 0.25) is 0 Å². The van der Waals surface area contributed by atoms with Crippen LogP contribution < -0.4 is 4.74 Å². The Balaban J connectivity index is 2.41. The number of hydrogen-bond acceptors (Lipinski definition) is 2. The van der Waals surface area contributed by atoms with Crippen molar-refractivity contribution in [3.05, 3.63) is 42.7 Å². The standard InChI is InChI=1S/C11H10O2/c1-12-10-5-2-4-9(8-10)11-6-3-7-13-11/h2-8H,1H3. The fourth-order valence-corrected chi connectivity index (χ4v) is 1.22. The van der Waals surface area contributed by atoms with Crippen LogP contribution in [0.4, 0.5) is 0 Å². The summed E-state index contributed by atoms with van der Waals surface area (Å²) in [5.74, 6) is 1.70. The Morgan fingerprint density at radius 3 is 2.77 bits per heavy atom. The number of rotatable bonds is 2. The summed E-state index contributed by atoms with van der Waals surface area (Å²) in [5, 5.41) is 0. The first-order valence-corrected chi connectivity index (χ1v) is 4.08. The van der Waals surface area contributed by atoms with Crippen LogP contribution in [-0.2, 0) is 0 Å². The van der Waals surface area contributed by atoms with E-state index in [2.05, 4.69) is 0 Å². The summed E-state index contributed by atoms with van der Waals surface area (Å²) in [5.41, 5.74) is 1.03. The van der Waals surface area contributed by atoms with Crippen molar-refractivity contribution >= 4 is 0 Å². The van der Waals surface area contributed by atoms with Crippen molar-refractivity contribution in [2.75, 3.05) is 7.11 Å². The summed E-state index contributed by atoms with van der Waals surface area (Å²) in [4.78, 5) is 0. The van der Waals surface area contributed by atoms with Crippen LogP contribution in [0.1, 0.15) is 0 Å². The van der Waals surface area contributed by atoms with E-state index in [4.69, 9.17) is 9.15 Å².